The Morgan fingerprint density at radius 3 is 2.68 bits per heavy atom. The van der Waals surface area contributed by atoms with Crippen LogP contribution in [-0.4, -0.2) is 22.4 Å². The molecule has 1 aromatic heterocycles. The highest BCUT2D eigenvalue weighted by molar-refractivity contribution is 6.30. The number of aromatic nitrogens is 2. The van der Waals surface area contributed by atoms with Gasteiger partial charge in [0.1, 0.15) is 0 Å². The fourth-order valence-corrected chi connectivity index (χ4v) is 2.64. The molecule has 2 amide bonds. The summed E-state index contributed by atoms with van der Waals surface area (Å²) in [7, 11) is 0. The molecule has 0 fully saturated rings. The molecule has 0 bridgehead atoms. The van der Waals surface area contributed by atoms with Gasteiger partial charge in [-0.3, -0.25) is 0 Å². The number of benzene rings is 2. The molecule has 6 heteroatoms. The number of rotatable bonds is 6. The third kappa shape index (κ3) is 5.09. The average molecular weight is 355 g/mol. The Hall–Kier alpha value is -2.79. The van der Waals surface area contributed by atoms with Gasteiger partial charge in [-0.2, -0.15) is 5.10 Å². The molecule has 0 aliphatic heterocycles. The zero-order chi connectivity index (χ0) is 17.5. The minimum Gasteiger partial charge on any atom is -0.338 e. The number of hydrogen-bond donors (Lipinski definition) is 2. The molecule has 0 radical (unpaired) electrons. The number of nitrogens with one attached hydrogen (secondary N) is 2. The highest BCUT2D eigenvalue weighted by Crippen LogP contribution is 2.10. The van der Waals surface area contributed by atoms with E-state index in [1.165, 1.54) is 0 Å². The molecule has 2 N–H and O–H groups in total. The SMILES string of the molecule is O=C(NCCc1cnn(-c2ccccc2)c1)NCc1cccc(Cl)c1. The second-order valence-corrected chi connectivity index (χ2v) is 6.05. The smallest absolute Gasteiger partial charge is 0.315 e. The molecule has 0 spiro atoms. The van der Waals surface area contributed by atoms with Gasteiger partial charge in [0, 0.05) is 24.3 Å². The van der Waals surface area contributed by atoms with E-state index in [4.69, 9.17) is 11.6 Å². The van der Waals surface area contributed by atoms with E-state index >= 15 is 0 Å². The highest BCUT2D eigenvalue weighted by atomic mass is 35.5. The summed E-state index contributed by atoms with van der Waals surface area (Å²) in [6.07, 6.45) is 4.51. The second kappa shape index (κ2) is 8.35. The molecule has 1 heterocycles. The molecule has 0 atom stereocenters. The van der Waals surface area contributed by atoms with Crippen LogP contribution in [0.1, 0.15) is 11.1 Å². The maximum atomic E-state index is 11.8. The summed E-state index contributed by atoms with van der Waals surface area (Å²) in [5, 5.41) is 10.7. The molecule has 0 saturated carbocycles. The zero-order valence-electron chi connectivity index (χ0n) is 13.7. The van der Waals surface area contributed by atoms with Crippen molar-refractivity contribution >= 4 is 17.6 Å². The van der Waals surface area contributed by atoms with Crippen molar-refractivity contribution in [2.75, 3.05) is 6.54 Å². The van der Waals surface area contributed by atoms with Gasteiger partial charge in [0.15, 0.2) is 0 Å². The van der Waals surface area contributed by atoms with E-state index in [2.05, 4.69) is 15.7 Å². The number of urea groups is 1. The van der Waals surface area contributed by atoms with Gasteiger partial charge in [-0.25, -0.2) is 9.48 Å². The molecule has 0 saturated heterocycles. The first-order valence-corrected chi connectivity index (χ1v) is 8.43. The van der Waals surface area contributed by atoms with E-state index in [-0.39, 0.29) is 6.03 Å². The fourth-order valence-electron chi connectivity index (χ4n) is 2.42. The van der Waals surface area contributed by atoms with Gasteiger partial charge in [-0.15, -0.1) is 0 Å². The summed E-state index contributed by atoms with van der Waals surface area (Å²) < 4.78 is 1.83. The first kappa shape index (κ1) is 17.0. The van der Waals surface area contributed by atoms with Crippen LogP contribution in [0.5, 0.6) is 0 Å². The van der Waals surface area contributed by atoms with Gasteiger partial charge < -0.3 is 10.6 Å². The fraction of sp³-hybridized carbons (Fsp3) is 0.158. The van der Waals surface area contributed by atoms with Crippen molar-refractivity contribution in [3.05, 3.63) is 83.1 Å². The van der Waals surface area contributed by atoms with Crippen LogP contribution < -0.4 is 10.6 Å². The minimum absolute atomic E-state index is 0.199. The topological polar surface area (TPSA) is 59.0 Å². The van der Waals surface area contributed by atoms with Gasteiger partial charge in [0.05, 0.1) is 11.9 Å². The van der Waals surface area contributed by atoms with Crippen molar-refractivity contribution in [3.8, 4) is 5.69 Å². The normalized spacial score (nSPS) is 10.4. The van der Waals surface area contributed by atoms with E-state index in [1.807, 2.05) is 65.6 Å². The summed E-state index contributed by atoms with van der Waals surface area (Å²) in [6, 6.07) is 17.1. The van der Waals surface area contributed by atoms with Crippen LogP contribution in [0.25, 0.3) is 5.69 Å². The van der Waals surface area contributed by atoms with Crippen LogP contribution in [0.15, 0.2) is 67.0 Å². The van der Waals surface area contributed by atoms with Crippen molar-refractivity contribution in [3.63, 3.8) is 0 Å². The van der Waals surface area contributed by atoms with E-state index < -0.39 is 0 Å². The summed E-state index contributed by atoms with van der Waals surface area (Å²) in [4.78, 5) is 11.8. The summed E-state index contributed by atoms with van der Waals surface area (Å²) >= 11 is 5.92. The van der Waals surface area contributed by atoms with E-state index in [0.717, 1.165) is 23.2 Å². The molecule has 25 heavy (non-hydrogen) atoms. The first-order valence-electron chi connectivity index (χ1n) is 8.06. The van der Waals surface area contributed by atoms with E-state index in [0.29, 0.717) is 18.1 Å². The van der Waals surface area contributed by atoms with Crippen LogP contribution >= 0.6 is 11.6 Å². The van der Waals surface area contributed by atoms with Crippen LogP contribution in [0.4, 0.5) is 4.79 Å². The lowest BCUT2D eigenvalue weighted by Crippen LogP contribution is -2.36. The van der Waals surface area contributed by atoms with Crippen molar-refractivity contribution in [2.45, 2.75) is 13.0 Å². The van der Waals surface area contributed by atoms with E-state index in [1.54, 1.807) is 6.07 Å². The molecular weight excluding hydrogens is 336 g/mol. The van der Waals surface area contributed by atoms with Crippen LogP contribution in [0, 0.1) is 0 Å². The Bertz CT molecular complexity index is 832. The van der Waals surface area contributed by atoms with E-state index in [9.17, 15) is 4.79 Å². The third-order valence-electron chi connectivity index (χ3n) is 3.70. The number of hydrogen-bond acceptors (Lipinski definition) is 2. The summed E-state index contributed by atoms with van der Waals surface area (Å²) in [6.45, 7) is 0.986. The van der Waals surface area contributed by atoms with Crippen molar-refractivity contribution < 1.29 is 4.79 Å². The molecule has 2 aromatic carbocycles. The van der Waals surface area contributed by atoms with Crippen molar-refractivity contribution in [2.24, 2.45) is 0 Å². The van der Waals surface area contributed by atoms with Crippen LogP contribution in [0.2, 0.25) is 5.02 Å². The van der Waals surface area contributed by atoms with Crippen molar-refractivity contribution in [1.29, 1.82) is 0 Å². The first-order chi connectivity index (χ1) is 12.2. The lowest BCUT2D eigenvalue weighted by molar-refractivity contribution is 0.240. The van der Waals surface area contributed by atoms with Gasteiger partial charge in [-0.05, 0) is 41.8 Å². The Kier molecular flexibility index (Phi) is 5.69. The van der Waals surface area contributed by atoms with Gasteiger partial charge >= 0.3 is 6.03 Å². The molecule has 3 rings (SSSR count). The van der Waals surface area contributed by atoms with Crippen molar-refractivity contribution in [1.82, 2.24) is 20.4 Å². The number of halogens is 1. The lowest BCUT2D eigenvalue weighted by atomic mass is 10.2. The maximum Gasteiger partial charge on any atom is 0.315 e. The predicted octanol–water partition coefficient (Wildman–Crippen LogP) is 3.57. The Morgan fingerprint density at radius 2 is 1.88 bits per heavy atom. The average Bonchev–Trinajstić information content (AvgIpc) is 3.10. The van der Waals surface area contributed by atoms with Gasteiger partial charge in [0.2, 0.25) is 0 Å². The molecule has 0 unspecified atom stereocenters. The minimum atomic E-state index is -0.199. The monoisotopic (exact) mass is 354 g/mol. The highest BCUT2D eigenvalue weighted by Gasteiger charge is 2.03. The molecule has 5 nitrogen and oxygen atoms in total. The number of carbonyl (C=O) groups excluding carboxylic acids is 1. The quantitative estimate of drug-likeness (QED) is 0.711. The molecule has 128 valence electrons. The molecular formula is C19H19ClN4O. The lowest BCUT2D eigenvalue weighted by Gasteiger charge is -2.07. The Balaban J connectivity index is 1.42. The van der Waals surface area contributed by atoms with Crippen LogP contribution in [0.3, 0.4) is 0 Å². The molecule has 0 aliphatic rings. The molecule has 0 aliphatic carbocycles. The number of carbonyl (C=O) groups is 1. The Morgan fingerprint density at radius 1 is 1.04 bits per heavy atom. The zero-order valence-corrected chi connectivity index (χ0v) is 14.4. The third-order valence-corrected chi connectivity index (χ3v) is 3.93. The number of amides is 2. The summed E-state index contributed by atoms with van der Waals surface area (Å²) in [5.74, 6) is 0. The standard InChI is InChI=1S/C19H19ClN4O/c20-17-6-4-5-15(11-17)12-22-19(25)21-10-9-16-13-23-24(14-16)18-7-2-1-3-8-18/h1-8,11,13-14H,9-10,12H2,(H2,21,22,25). The Labute approximate surface area is 151 Å². The predicted molar refractivity (Wildman–Crippen MR) is 99.0 cm³/mol. The number of para-hydroxylation sites is 1. The number of nitrogens with zero attached hydrogens (tertiary/aromatic N) is 2. The van der Waals surface area contributed by atoms with Gasteiger partial charge in [-0.1, -0.05) is 41.9 Å². The molecule has 3 aromatic rings. The second-order valence-electron chi connectivity index (χ2n) is 5.62. The summed E-state index contributed by atoms with van der Waals surface area (Å²) in [5.41, 5.74) is 3.05. The maximum absolute atomic E-state index is 11.8. The largest absolute Gasteiger partial charge is 0.338 e. The van der Waals surface area contributed by atoms with Gasteiger partial charge in [0.25, 0.3) is 0 Å². The van der Waals surface area contributed by atoms with Crippen LogP contribution in [-0.2, 0) is 13.0 Å².